The second-order valence-electron chi connectivity index (χ2n) is 16.7. The Labute approximate surface area is 367 Å². The molecule has 0 N–H and O–H groups in total. The first kappa shape index (κ1) is 39.9. The predicted octanol–water partition coefficient (Wildman–Crippen LogP) is -6.92. The number of aromatic nitrogens is 3. The maximum absolute atomic E-state index is 5.32. The molecule has 274 valence electrons. The Kier molecular flexibility index (Phi) is 10.3. The summed E-state index contributed by atoms with van der Waals surface area (Å²) in [4.78, 5) is 15.8. The summed E-state index contributed by atoms with van der Waals surface area (Å²) >= 11 is 1.92. The highest BCUT2D eigenvalue weighted by Gasteiger charge is 2.25. The summed E-state index contributed by atoms with van der Waals surface area (Å²) in [5.74, 6) is 2.03. The van der Waals surface area contributed by atoms with Gasteiger partial charge in [0, 0.05) is 26.1 Å². The van der Waals surface area contributed by atoms with Gasteiger partial charge >= 0.3 is 0 Å². The molecule has 2 heterocycles. The molecule has 0 unspecified atom stereocenters. The summed E-state index contributed by atoms with van der Waals surface area (Å²) in [6.45, 7) is 0. The lowest BCUT2D eigenvalue weighted by Gasteiger charge is -2.25. The monoisotopic (exact) mass is 775 g/mol. The van der Waals surface area contributed by atoms with Gasteiger partial charge in [-0.3, -0.25) is 0 Å². The van der Waals surface area contributed by atoms with Gasteiger partial charge in [-0.15, -0.1) is 27.7 Å². The standard InChI is InChI=1S/C45H40B11N3S/c46-30-25(26-31(47)37(53)39(55)38(54)32(26)48)33(49)40(56)42-27(30)28-34(50)35(51)29(36(52)41(28)60-42)45-58-43(23-15-11-21(12-16-23)19-7-3-1-4-8-19)57-44(59-45)24-17-13-22(14-18-24)20-9-5-2-6-10-20/h1-18H,46-56H2. The van der Waals surface area contributed by atoms with E-state index in [0.717, 1.165) is 27.8 Å². The van der Waals surface area contributed by atoms with Crippen molar-refractivity contribution in [1.29, 1.82) is 0 Å². The third-order valence-electron chi connectivity index (χ3n) is 13.6. The van der Waals surface area contributed by atoms with Crippen LogP contribution in [-0.4, -0.2) is 101 Å². The zero-order valence-corrected chi connectivity index (χ0v) is 37.5. The number of nitrogens with zero attached hydrogens (tertiary/aromatic N) is 3. The first-order chi connectivity index (χ1) is 28.8. The van der Waals surface area contributed by atoms with E-state index in [4.69, 9.17) is 15.0 Å². The molecule has 0 bridgehead atoms. The van der Waals surface area contributed by atoms with Crippen LogP contribution in [0.15, 0.2) is 109 Å². The van der Waals surface area contributed by atoms with E-state index in [-0.39, 0.29) is 0 Å². The number of hydrogen-bond acceptors (Lipinski definition) is 4. The van der Waals surface area contributed by atoms with Crippen molar-refractivity contribution in [2.75, 3.05) is 0 Å². The molecule has 0 aliphatic rings. The molecular weight excluding hydrogens is 734 g/mol. The summed E-state index contributed by atoms with van der Waals surface area (Å²) < 4.78 is 2.68. The van der Waals surface area contributed by atoms with Crippen molar-refractivity contribution in [3.63, 3.8) is 0 Å². The van der Waals surface area contributed by atoms with Gasteiger partial charge in [0.25, 0.3) is 0 Å². The average molecular weight is 774 g/mol. The molecule has 15 heteroatoms. The summed E-state index contributed by atoms with van der Waals surface area (Å²) in [5, 5.41) is 2.74. The molecule has 0 radical (unpaired) electrons. The summed E-state index contributed by atoms with van der Waals surface area (Å²) in [7, 11) is 25.3. The number of thiophene rings is 1. The zero-order chi connectivity index (χ0) is 42.1. The maximum atomic E-state index is 5.32. The normalized spacial score (nSPS) is 11.4. The Morgan fingerprint density at radius 2 is 0.600 bits per heavy atom. The predicted molar refractivity (Wildman–Crippen MR) is 295 cm³/mol. The lowest BCUT2D eigenvalue weighted by molar-refractivity contribution is 1.08. The summed E-state index contributed by atoms with van der Waals surface area (Å²) in [5.41, 5.74) is 25.2. The molecule has 7 aromatic carbocycles. The van der Waals surface area contributed by atoms with E-state index >= 15 is 0 Å². The minimum Gasteiger partial charge on any atom is -0.208 e. The van der Waals surface area contributed by atoms with Crippen LogP contribution >= 0.6 is 11.3 Å². The van der Waals surface area contributed by atoms with E-state index in [1.807, 2.05) is 11.3 Å². The van der Waals surface area contributed by atoms with Crippen LogP contribution in [0.2, 0.25) is 0 Å². The second-order valence-corrected chi connectivity index (χ2v) is 17.7. The molecule has 0 saturated carbocycles. The topological polar surface area (TPSA) is 38.7 Å². The van der Waals surface area contributed by atoms with Gasteiger partial charge in [-0.2, -0.15) is 0 Å². The van der Waals surface area contributed by atoms with E-state index in [2.05, 4.69) is 196 Å². The Hall–Kier alpha value is -5.52. The smallest absolute Gasteiger partial charge is 0.164 e. The first-order valence-corrected chi connectivity index (χ1v) is 21.8. The fourth-order valence-corrected chi connectivity index (χ4v) is 10.9. The van der Waals surface area contributed by atoms with Gasteiger partial charge in [0.05, 0.1) is 0 Å². The molecule has 0 atom stereocenters. The molecule has 0 amide bonds. The fraction of sp³-hybridized carbons (Fsp3) is 0. The van der Waals surface area contributed by atoms with Gasteiger partial charge in [0.15, 0.2) is 17.5 Å². The van der Waals surface area contributed by atoms with E-state index < -0.39 is 0 Å². The minimum absolute atomic E-state index is 0.663. The molecule has 0 saturated heterocycles. The largest absolute Gasteiger partial charge is 0.208 e. The Balaban J connectivity index is 1.26. The summed E-state index contributed by atoms with van der Waals surface area (Å²) in [6, 6.07) is 38.2. The molecule has 3 nitrogen and oxygen atoms in total. The van der Waals surface area contributed by atoms with Crippen LogP contribution in [0.3, 0.4) is 0 Å². The second kappa shape index (κ2) is 15.5. The van der Waals surface area contributed by atoms with Gasteiger partial charge in [-0.05, 0) is 44.2 Å². The molecule has 0 aliphatic carbocycles. The summed E-state index contributed by atoms with van der Waals surface area (Å²) in [6.07, 6.45) is 0. The van der Waals surface area contributed by atoms with Crippen LogP contribution in [0.25, 0.3) is 87.7 Å². The van der Waals surface area contributed by atoms with E-state index in [0.29, 0.717) is 17.5 Å². The fourth-order valence-electron chi connectivity index (χ4n) is 9.42. The van der Waals surface area contributed by atoms with Crippen LogP contribution in [0.4, 0.5) is 0 Å². The molecule has 0 fully saturated rings. The minimum atomic E-state index is 0.663. The quantitative estimate of drug-likeness (QED) is 0.158. The van der Waals surface area contributed by atoms with Crippen molar-refractivity contribution in [1.82, 2.24) is 15.0 Å². The van der Waals surface area contributed by atoms with E-state index in [1.165, 1.54) is 103 Å². The van der Waals surface area contributed by atoms with Gasteiger partial charge in [-0.1, -0.05) is 153 Å². The van der Waals surface area contributed by atoms with Crippen molar-refractivity contribution in [3.8, 4) is 67.5 Å². The highest BCUT2D eigenvalue weighted by atomic mass is 32.1. The van der Waals surface area contributed by atoms with Gasteiger partial charge in [-0.25, -0.2) is 15.0 Å². The SMILES string of the molecule is Bc1c(B)c(B)c(-c2c(B)c(B)c3sc4c(B)c(-c5nc(-c6ccc(-c7ccccc7)cc6)nc(-c6ccc(-c7ccccc7)cc6)n5)c(B)c(B)c4c3c2B)c(B)c1B. The molecule has 0 aliphatic heterocycles. The Morgan fingerprint density at radius 1 is 0.267 bits per heavy atom. The van der Waals surface area contributed by atoms with Crippen molar-refractivity contribution in [2.24, 2.45) is 0 Å². The number of rotatable bonds is 6. The number of benzene rings is 7. The molecule has 0 spiro atoms. The third kappa shape index (κ3) is 6.48. The molecule has 9 rings (SSSR count). The van der Waals surface area contributed by atoms with Crippen LogP contribution < -0.4 is 60.1 Å². The lowest BCUT2D eigenvalue weighted by atomic mass is 9.57. The van der Waals surface area contributed by atoms with E-state index in [1.54, 1.807) is 0 Å². The number of hydrogen-bond donors (Lipinski definition) is 0. The van der Waals surface area contributed by atoms with Crippen molar-refractivity contribution < 1.29 is 0 Å². The van der Waals surface area contributed by atoms with Crippen molar-refractivity contribution in [2.45, 2.75) is 0 Å². The number of fused-ring (bicyclic) bond motifs is 3. The van der Waals surface area contributed by atoms with Gasteiger partial charge < -0.3 is 0 Å². The highest BCUT2D eigenvalue weighted by molar-refractivity contribution is 7.28. The van der Waals surface area contributed by atoms with Crippen molar-refractivity contribution in [3.05, 3.63) is 109 Å². The first-order valence-electron chi connectivity index (χ1n) is 21.0. The molecule has 60 heavy (non-hydrogen) atoms. The molecule has 2 aromatic heterocycles. The Bertz CT molecular complexity index is 3060. The van der Waals surface area contributed by atoms with Crippen LogP contribution in [0.1, 0.15) is 0 Å². The lowest BCUT2D eigenvalue weighted by Crippen LogP contribution is -2.56. The van der Waals surface area contributed by atoms with Crippen LogP contribution in [0, 0.1) is 0 Å². The molecular formula is C45H40B11N3S. The van der Waals surface area contributed by atoms with Crippen molar-refractivity contribution >= 4 is 178 Å². The van der Waals surface area contributed by atoms with Gasteiger partial charge in [0.2, 0.25) is 0 Å². The molecule has 9 aromatic rings. The highest BCUT2D eigenvalue weighted by Crippen LogP contribution is 2.33. The van der Waals surface area contributed by atoms with Crippen LogP contribution in [-0.2, 0) is 0 Å². The van der Waals surface area contributed by atoms with Gasteiger partial charge in [0.1, 0.15) is 86.3 Å². The Morgan fingerprint density at radius 3 is 1.08 bits per heavy atom. The van der Waals surface area contributed by atoms with E-state index in [9.17, 15) is 0 Å². The van der Waals surface area contributed by atoms with Crippen LogP contribution in [0.5, 0.6) is 0 Å². The average Bonchev–Trinajstić information content (AvgIpc) is 3.70. The maximum Gasteiger partial charge on any atom is 0.164 e. The zero-order valence-electron chi connectivity index (χ0n) is 36.6. The third-order valence-corrected chi connectivity index (χ3v) is 15.0.